The van der Waals surface area contributed by atoms with Crippen LogP contribution in [-0.2, 0) is 20.4 Å². The van der Waals surface area contributed by atoms with Crippen molar-refractivity contribution in [2.75, 3.05) is 25.9 Å². The maximum atomic E-state index is 12.8. The van der Waals surface area contributed by atoms with Crippen molar-refractivity contribution in [3.05, 3.63) is 17.6 Å². The largest absolute Gasteiger partial charge is 0.434 e. The van der Waals surface area contributed by atoms with Crippen LogP contribution in [0.5, 0.6) is 0 Å². The molecule has 2 fully saturated rings. The summed E-state index contributed by atoms with van der Waals surface area (Å²) in [5.74, 6) is -1.57. The van der Waals surface area contributed by atoms with E-state index in [1.807, 2.05) is 0 Å². The van der Waals surface area contributed by atoms with Gasteiger partial charge in [0.25, 0.3) is 0 Å². The van der Waals surface area contributed by atoms with Crippen LogP contribution in [0.1, 0.15) is 31.2 Å². The van der Waals surface area contributed by atoms with E-state index in [-0.39, 0.29) is 30.3 Å². The Morgan fingerprint density at radius 2 is 2.00 bits per heavy atom. The minimum atomic E-state index is -4.60. The molecule has 0 bridgehead atoms. The molecule has 2 aliphatic heterocycles. The molecule has 4 atom stereocenters. The number of anilines is 1. The van der Waals surface area contributed by atoms with E-state index in [2.05, 4.69) is 15.3 Å². The van der Waals surface area contributed by atoms with Crippen LogP contribution in [0.2, 0.25) is 0 Å². The summed E-state index contributed by atoms with van der Waals surface area (Å²) in [6.45, 7) is 4.32. The molecule has 10 heteroatoms. The van der Waals surface area contributed by atoms with Crippen molar-refractivity contribution in [1.82, 2.24) is 15.3 Å². The van der Waals surface area contributed by atoms with E-state index in [9.17, 15) is 13.2 Å². The zero-order valence-electron chi connectivity index (χ0n) is 14.1. The lowest BCUT2D eigenvalue weighted by Gasteiger charge is -2.37. The van der Waals surface area contributed by atoms with E-state index in [4.69, 9.17) is 19.9 Å². The van der Waals surface area contributed by atoms with Gasteiger partial charge in [0.15, 0.2) is 11.5 Å². The van der Waals surface area contributed by atoms with Gasteiger partial charge in [-0.3, -0.25) is 4.98 Å². The molecule has 140 valence electrons. The summed E-state index contributed by atoms with van der Waals surface area (Å²) >= 11 is 0. The molecule has 7 nitrogen and oxygen atoms in total. The third-order valence-corrected chi connectivity index (χ3v) is 4.29. The Balaban J connectivity index is 1.90. The fraction of sp³-hybridized carbons (Fsp3) is 0.733. The van der Waals surface area contributed by atoms with Crippen LogP contribution in [0, 0.1) is 0 Å². The van der Waals surface area contributed by atoms with Crippen molar-refractivity contribution in [3.63, 3.8) is 0 Å². The summed E-state index contributed by atoms with van der Waals surface area (Å²) in [5, 5.41) is 3.03. The minimum absolute atomic E-state index is 0.206. The van der Waals surface area contributed by atoms with Crippen LogP contribution >= 0.6 is 0 Å². The average Bonchev–Trinajstić information content (AvgIpc) is 2.83. The lowest BCUT2D eigenvalue weighted by atomic mass is 9.89. The third kappa shape index (κ3) is 3.57. The van der Waals surface area contributed by atoms with Gasteiger partial charge in [0.1, 0.15) is 18.0 Å². The van der Waals surface area contributed by atoms with Crippen LogP contribution in [-0.4, -0.2) is 54.3 Å². The van der Waals surface area contributed by atoms with Crippen molar-refractivity contribution in [2.45, 2.75) is 50.0 Å². The van der Waals surface area contributed by atoms with Gasteiger partial charge in [-0.2, -0.15) is 13.2 Å². The molecular weight excluding hydrogens is 341 g/mol. The number of nitrogens with zero attached hydrogens (tertiary/aromatic N) is 2. The molecule has 0 unspecified atom stereocenters. The number of fused-ring (bicyclic) bond motifs is 1. The number of hydrogen-bond donors (Lipinski definition) is 2. The molecule has 3 N–H and O–H groups in total. The summed E-state index contributed by atoms with van der Waals surface area (Å²) in [6, 6.07) is 0. The average molecular weight is 362 g/mol. The first kappa shape index (κ1) is 18.3. The highest BCUT2D eigenvalue weighted by Gasteiger charge is 2.53. The number of alkyl halides is 3. The molecule has 0 aliphatic carbocycles. The fourth-order valence-electron chi connectivity index (χ4n) is 3.28. The molecule has 0 amide bonds. The molecule has 1 aromatic heterocycles. The molecule has 0 aromatic carbocycles. The number of nitrogens with one attached hydrogen (secondary N) is 1. The van der Waals surface area contributed by atoms with Gasteiger partial charge in [-0.15, -0.1) is 0 Å². The highest BCUT2D eigenvalue weighted by Crippen LogP contribution is 2.42. The summed E-state index contributed by atoms with van der Waals surface area (Å²) in [4.78, 5) is 7.36. The fourth-order valence-corrected chi connectivity index (χ4v) is 3.28. The van der Waals surface area contributed by atoms with E-state index in [0.717, 1.165) is 0 Å². The van der Waals surface area contributed by atoms with Crippen LogP contribution in [0.3, 0.4) is 0 Å². The highest BCUT2D eigenvalue weighted by atomic mass is 19.4. The van der Waals surface area contributed by atoms with Crippen molar-refractivity contribution in [1.29, 1.82) is 0 Å². The van der Waals surface area contributed by atoms with Crippen LogP contribution in [0.15, 0.2) is 6.20 Å². The molecule has 3 rings (SSSR count). The molecular formula is C15H21F3N4O3. The SMILES string of the molecule is CNC[C@H]1OC[C@H](c2ncc(C(F)(F)F)nc2N)[C@H]2OC(C)(C)O[C@@H]21. The molecule has 1 aromatic rings. The van der Waals surface area contributed by atoms with Crippen LogP contribution < -0.4 is 11.1 Å². The first-order valence-electron chi connectivity index (χ1n) is 7.94. The number of ether oxygens (including phenoxy) is 3. The number of halogens is 3. The van der Waals surface area contributed by atoms with E-state index in [0.29, 0.717) is 12.7 Å². The maximum absolute atomic E-state index is 12.8. The second-order valence-corrected chi connectivity index (χ2v) is 6.62. The van der Waals surface area contributed by atoms with Crippen LogP contribution in [0.4, 0.5) is 19.0 Å². The molecule has 2 saturated heterocycles. The maximum Gasteiger partial charge on any atom is 0.434 e. The first-order valence-corrected chi connectivity index (χ1v) is 7.94. The number of nitrogen functional groups attached to an aromatic ring is 1. The highest BCUT2D eigenvalue weighted by molar-refractivity contribution is 5.39. The van der Waals surface area contributed by atoms with E-state index in [1.165, 1.54) is 0 Å². The van der Waals surface area contributed by atoms with E-state index < -0.39 is 29.7 Å². The monoisotopic (exact) mass is 362 g/mol. The van der Waals surface area contributed by atoms with Gasteiger partial charge in [-0.05, 0) is 20.9 Å². The van der Waals surface area contributed by atoms with Crippen molar-refractivity contribution >= 4 is 5.82 Å². The first-order chi connectivity index (χ1) is 11.6. The lowest BCUT2D eigenvalue weighted by Crippen LogP contribution is -2.51. The predicted molar refractivity (Wildman–Crippen MR) is 81.7 cm³/mol. The van der Waals surface area contributed by atoms with Crippen molar-refractivity contribution in [2.24, 2.45) is 0 Å². The van der Waals surface area contributed by atoms with Gasteiger partial charge < -0.3 is 25.3 Å². The van der Waals surface area contributed by atoms with Gasteiger partial charge in [-0.1, -0.05) is 0 Å². The Bertz CT molecular complexity index is 641. The summed E-state index contributed by atoms with van der Waals surface area (Å²) in [5.41, 5.74) is 4.86. The predicted octanol–water partition coefficient (Wildman–Crippen LogP) is 1.30. The normalized spacial score (nSPS) is 31.8. The summed E-state index contributed by atoms with van der Waals surface area (Å²) < 4.78 is 56.0. The number of aromatic nitrogens is 2. The van der Waals surface area contributed by atoms with Crippen LogP contribution in [0.25, 0.3) is 0 Å². The number of likely N-dealkylation sites (N-methyl/N-ethyl adjacent to an activating group) is 1. The van der Waals surface area contributed by atoms with E-state index in [1.54, 1.807) is 20.9 Å². The number of nitrogens with two attached hydrogens (primary N) is 1. The Morgan fingerprint density at radius 3 is 2.60 bits per heavy atom. The Morgan fingerprint density at radius 1 is 1.32 bits per heavy atom. The summed E-state index contributed by atoms with van der Waals surface area (Å²) in [7, 11) is 1.80. The van der Waals surface area contributed by atoms with Crippen molar-refractivity contribution < 1.29 is 27.4 Å². The molecule has 2 aliphatic rings. The quantitative estimate of drug-likeness (QED) is 0.837. The smallest absolute Gasteiger partial charge is 0.382 e. The second-order valence-electron chi connectivity index (χ2n) is 6.62. The zero-order valence-corrected chi connectivity index (χ0v) is 14.1. The van der Waals surface area contributed by atoms with Gasteiger partial charge in [0.05, 0.1) is 30.5 Å². The van der Waals surface area contributed by atoms with Gasteiger partial charge >= 0.3 is 6.18 Å². The molecule has 25 heavy (non-hydrogen) atoms. The Kier molecular flexibility index (Phi) is 4.65. The number of hydrogen-bond acceptors (Lipinski definition) is 7. The number of rotatable bonds is 3. The third-order valence-electron chi connectivity index (χ3n) is 4.29. The van der Waals surface area contributed by atoms with Gasteiger partial charge in [0, 0.05) is 6.54 Å². The molecule has 0 spiro atoms. The Labute approximate surface area is 143 Å². The minimum Gasteiger partial charge on any atom is -0.382 e. The van der Waals surface area contributed by atoms with Crippen molar-refractivity contribution in [3.8, 4) is 0 Å². The molecule has 0 saturated carbocycles. The van der Waals surface area contributed by atoms with E-state index >= 15 is 0 Å². The molecule has 0 radical (unpaired) electrons. The van der Waals surface area contributed by atoms with Gasteiger partial charge in [0.2, 0.25) is 0 Å². The Hall–Kier alpha value is -1.49. The lowest BCUT2D eigenvalue weighted by molar-refractivity contribution is -0.153. The second kappa shape index (κ2) is 6.35. The zero-order chi connectivity index (χ0) is 18.4. The van der Waals surface area contributed by atoms with Gasteiger partial charge in [-0.25, -0.2) is 4.98 Å². The molecule has 3 heterocycles. The standard InChI is InChI=1S/C15H21F3N4O3/c1-14(2)24-11-7(6-23-8(4-20-3)12(11)25-14)10-13(19)22-9(5-21-10)15(16,17)18/h5,7-8,11-12,20H,4,6H2,1-3H3,(H2,19,22)/t7-,8-,11-,12-/m1/s1. The topological polar surface area (TPSA) is 91.5 Å². The summed E-state index contributed by atoms with van der Waals surface area (Å²) in [6.07, 6.45) is -4.98.